The number of nitrogen functional groups attached to an aromatic ring is 1. The third-order valence-electron chi connectivity index (χ3n) is 2.94. The van der Waals surface area contributed by atoms with E-state index in [2.05, 4.69) is 31.1 Å². The van der Waals surface area contributed by atoms with E-state index in [1.165, 1.54) is 6.07 Å². The minimum Gasteiger partial charge on any atom is -0.382 e. The Morgan fingerprint density at radius 2 is 2.10 bits per heavy atom. The first kappa shape index (κ1) is 12.8. The molecule has 0 spiro atoms. The number of H-pyrrole nitrogens is 1. The van der Waals surface area contributed by atoms with Gasteiger partial charge in [0.2, 0.25) is 0 Å². The van der Waals surface area contributed by atoms with Crippen molar-refractivity contribution in [1.29, 1.82) is 0 Å². The maximum Gasteiger partial charge on any atom is 0.153 e. The van der Waals surface area contributed by atoms with Gasteiger partial charge in [-0.15, -0.1) is 0 Å². The van der Waals surface area contributed by atoms with Crippen molar-refractivity contribution < 1.29 is 4.39 Å². The van der Waals surface area contributed by atoms with E-state index >= 15 is 0 Å². The molecule has 0 fully saturated rings. The standard InChI is InChI=1S/C14H10BrFN4/c15-9-3-4-10(11(16)6-9)13-12(14(17)20-19-13)8-2-1-5-18-7-8/h1-7H,(H3,17,19,20). The summed E-state index contributed by atoms with van der Waals surface area (Å²) < 4.78 is 14.8. The van der Waals surface area contributed by atoms with Crippen molar-refractivity contribution in [3.05, 3.63) is 53.0 Å². The highest BCUT2D eigenvalue weighted by atomic mass is 79.9. The number of aromatic amines is 1. The SMILES string of the molecule is Nc1n[nH]c(-c2ccc(Br)cc2F)c1-c1cccnc1. The number of rotatable bonds is 2. The van der Waals surface area contributed by atoms with Crippen LogP contribution in [0.4, 0.5) is 10.2 Å². The number of halogens is 2. The molecule has 6 heteroatoms. The van der Waals surface area contributed by atoms with Gasteiger partial charge < -0.3 is 5.73 Å². The van der Waals surface area contributed by atoms with Crippen LogP contribution in [-0.4, -0.2) is 15.2 Å². The first-order chi connectivity index (χ1) is 9.66. The van der Waals surface area contributed by atoms with Crippen LogP contribution in [-0.2, 0) is 0 Å². The number of nitrogens with one attached hydrogen (secondary N) is 1. The molecule has 3 rings (SSSR count). The van der Waals surface area contributed by atoms with Gasteiger partial charge >= 0.3 is 0 Å². The van der Waals surface area contributed by atoms with Gasteiger partial charge in [0.1, 0.15) is 5.82 Å². The van der Waals surface area contributed by atoms with Crippen LogP contribution in [0.1, 0.15) is 0 Å². The van der Waals surface area contributed by atoms with E-state index in [1.54, 1.807) is 30.6 Å². The van der Waals surface area contributed by atoms with Crippen LogP contribution in [0.2, 0.25) is 0 Å². The molecule has 0 aliphatic rings. The molecule has 3 N–H and O–H groups in total. The van der Waals surface area contributed by atoms with Gasteiger partial charge in [-0.05, 0) is 24.3 Å². The van der Waals surface area contributed by atoms with Crippen LogP contribution in [0.5, 0.6) is 0 Å². The van der Waals surface area contributed by atoms with Gasteiger partial charge in [-0.1, -0.05) is 22.0 Å². The molecular weight excluding hydrogens is 323 g/mol. The number of nitrogens with two attached hydrogens (primary N) is 1. The fourth-order valence-electron chi connectivity index (χ4n) is 2.05. The zero-order chi connectivity index (χ0) is 14.1. The maximum atomic E-state index is 14.1. The third kappa shape index (κ3) is 2.18. The molecule has 0 aliphatic heterocycles. The number of benzene rings is 1. The van der Waals surface area contributed by atoms with Crippen LogP contribution >= 0.6 is 15.9 Å². The van der Waals surface area contributed by atoms with Crippen LogP contribution in [0.3, 0.4) is 0 Å². The lowest BCUT2D eigenvalue weighted by molar-refractivity contribution is 0.630. The van der Waals surface area contributed by atoms with E-state index in [0.717, 1.165) is 5.56 Å². The monoisotopic (exact) mass is 332 g/mol. The van der Waals surface area contributed by atoms with Crippen molar-refractivity contribution in [2.75, 3.05) is 5.73 Å². The largest absolute Gasteiger partial charge is 0.382 e. The summed E-state index contributed by atoms with van der Waals surface area (Å²) in [6.45, 7) is 0. The lowest BCUT2D eigenvalue weighted by atomic mass is 10.0. The fourth-order valence-corrected chi connectivity index (χ4v) is 2.38. The molecule has 0 amide bonds. The van der Waals surface area contributed by atoms with Gasteiger partial charge in [0.25, 0.3) is 0 Å². The second-order valence-electron chi connectivity index (χ2n) is 4.22. The smallest absolute Gasteiger partial charge is 0.153 e. The van der Waals surface area contributed by atoms with Gasteiger partial charge in [0, 0.05) is 28.0 Å². The number of hydrogen-bond donors (Lipinski definition) is 2. The van der Waals surface area contributed by atoms with E-state index in [1.807, 2.05) is 6.07 Å². The Hall–Kier alpha value is -2.21. The molecule has 0 saturated heterocycles. The number of pyridine rings is 1. The molecular formula is C14H10BrFN4. The second-order valence-corrected chi connectivity index (χ2v) is 5.14. The average molecular weight is 333 g/mol. The van der Waals surface area contributed by atoms with Crippen molar-refractivity contribution >= 4 is 21.7 Å². The Kier molecular flexibility index (Phi) is 3.23. The maximum absolute atomic E-state index is 14.1. The van der Waals surface area contributed by atoms with Gasteiger partial charge in [-0.25, -0.2) is 4.39 Å². The number of aromatic nitrogens is 3. The number of anilines is 1. The molecule has 4 nitrogen and oxygen atoms in total. The van der Waals surface area contributed by atoms with E-state index in [0.29, 0.717) is 27.1 Å². The molecule has 2 heterocycles. The van der Waals surface area contributed by atoms with Crippen LogP contribution in [0.25, 0.3) is 22.4 Å². The van der Waals surface area contributed by atoms with E-state index in [4.69, 9.17) is 5.73 Å². The van der Waals surface area contributed by atoms with Crippen LogP contribution in [0.15, 0.2) is 47.2 Å². The zero-order valence-corrected chi connectivity index (χ0v) is 11.9. The fraction of sp³-hybridized carbons (Fsp3) is 0. The molecule has 3 aromatic rings. The Balaban J connectivity index is 2.21. The van der Waals surface area contributed by atoms with Gasteiger partial charge in [0.05, 0.1) is 11.3 Å². The molecule has 0 unspecified atom stereocenters. The normalized spacial score (nSPS) is 10.7. The Bertz CT molecular complexity index is 755. The number of hydrogen-bond acceptors (Lipinski definition) is 3. The minimum atomic E-state index is -0.354. The molecule has 20 heavy (non-hydrogen) atoms. The van der Waals surface area contributed by atoms with Gasteiger partial charge in [-0.3, -0.25) is 10.1 Å². The first-order valence-corrected chi connectivity index (χ1v) is 6.66. The molecule has 2 aromatic heterocycles. The summed E-state index contributed by atoms with van der Waals surface area (Å²) in [5.41, 5.74) is 8.28. The molecule has 1 aromatic carbocycles. The van der Waals surface area contributed by atoms with Crippen molar-refractivity contribution in [2.45, 2.75) is 0 Å². The van der Waals surface area contributed by atoms with E-state index in [-0.39, 0.29) is 5.82 Å². The lowest BCUT2D eigenvalue weighted by Gasteiger charge is -2.06. The van der Waals surface area contributed by atoms with Crippen LogP contribution < -0.4 is 5.73 Å². The zero-order valence-electron chi connectivity index (χ0n) is 10.3. The van der Waals surface area contributed by atoms with E-state index < -0.39 is 0 Å². The third-order valence-corrected chi connectivity index (χ3v) is 3.44. The highest BCUT2D eigenvalue weighted by Gasteiger charge is 2.17. The molecule has 0 saturated carbocycles. The second kappa shape index (κ2) is 5.05. The van der Waals surface area contributed by atoms with Gasteiger partial charge in [0.15, 0.2) is 5.82 Å². The topological polar surface area (TPSA) is 67.6 Å². The minimum absolute atomic E-state index is 0.315. The van der Waals surface area contributed by atoms with Crippen molar-refractivity contribution in [2.24, 2.45) is 0 Å². The summed E-state index contributed by atoms with van der Waals surface area (Å²) in [5.74, 6) is -0.0384. The number of nitrogens with zero attached hydrogens (tertiary/aromatic N) is 2. The molecule has 100 valence electrons. The van der Waals surface area contributed by atoms with Crippen molar-refractivity contribution in [3.63, 3.8) is 0 Å². The summed E-state index contributed by atoms with van der Waals surface area (Å²) in [7, 11) is 0. The quantitative estimate of drug-likeness (QED) is 0.753. The first-order valence-electron chi connectivity index (χ1n) is 5.86. The van der Waals surface area contributed by atoms with E-state index in [9.17, 15) is 4.39 Å². The Labute approximate surface area is 123 Å². The molecule has 0 bridgehead atoms. The lowest BCUT2D eigenvalue weighted by Crippen LogP contribution is -1.90. The highest BCUT2D eigenvalue weighted by molar-refractivity contribution is 9.10. The van der Waals surface area contributed by atoms with Crippen molar-refractivity contribution in [1.82, 2.24) is 15.2 Å². The molecule has 0 aliphatic carbocycles. The predicted octanol–water partition coefficient (Wildman–Crippen LogP) is 3.62. The Morgan fingerprint density at radius 1 is 1.25 bits per heavy atom. The van der Waals surface area contributed by atoms with Gasteiger partial charge in [-0.2, -0.15) is 5.10 Å². The molecule has 0 radical (unpaired) electrons. The summed E-state index contributed by atoms with van der Waals surface area (Å²) in [6.07, 6.45) is 3.33. The average Bonchev–Trinajstić information content (AvgIpc) is 2.81. The summed E-state index contributed by atoms with van der Waals surface area (Å²) in [5, 5.41) is 6.77. The summed E-state index contributed by atoms with van der Waals surface area (Å²) >= 11 is 3.24. The highest BCUT2D eigenvalue weighted by Crippen LogP contribution is 2.35. The summed E-state index contributed by atoms with van der Waals surface area (Å²) in [4.78, 5) is 4.05. The predicted molar refractivity (Wildman–Crippen MR) is 79.3 cm³/mol. The van der Waals surface area contributed by atoms with Crippen molar-refractivity contribution in [3.8, 4) is 22.4 Å². The molecule has 0 atom stereocenters. The summed E-state index contributed by atoms with van der Waals surface area (Å²) in [6, 6.07) is 8.49. The Morgan fingerprint density at radius 3 is 2.80 bits per heavy atom. The van der Waals surface area contributed by atoms with Crippen LogP contribution in [0, 0.1) is 5.82 Å².